The summed E-state index contributed by atoms with van der Waals surface area (Å²) in [4.78, 5) is 2.57. The Morgan fingerprint density at radius 1 is 1.04 bits per heavy atom. The second-order valence-corrected chi connectivity index (χ2v) is 7.79. The summed E-state index contributed by atoms with van der Waals surface area (Å²) < 4.78 is 19.7. The molecule has 0 atom stereocenters. The zero-order valence-corrected chi connectivity index (χ0v) is 18.0. The van der Waals surface area contributed by atoms with Gasteiger partial charge in [-0.25, -0.2) is 4.39 Å². The fourth-order valence-corrected chi connectivity index (χ4v) is 4.53. The molecule has 28 heavy (non-hydrogen) atoms. The molecule has 1 aliphatic heterocycles. The zero-order valence-electron chi connectivity index (χ0n) is 15.6. The summed E-state index contributed by atoms with van der Waals surface area (Å²) in [6.45, 7) is 5.10. The van der Waals surface area contributed by atoms with E-state index >= 15 is 0 Å². The lowest BCUT2D eigenvalue weighted by atomic mass is 9.93. The summed E-state index contributed by atoms with van der Waals surface area (Å²) >= 11 is 5.96. The molecule has 1 N–H and O–H groups in total. The zero-order chi connectivity index (χ0) is 18.0. The molecule has 2 aromatic rings. The third-order valence-electron chi connectivity index (χ3n) is 5.51. The molecule has 154 valence electrons. The summed E-state index contributed by atoms with van der Waals surface area (Å²) in [5.74, 6) is -0.318. The second-order valence-electron chi connectivity index (χ2n) is 7.35. The lowest BCUT2D eigenvalue weighted by Gasteiger charge is -2.43. The van der Waals surface area contributed by atoms with Crippen LogP contribution in [0.15, 0.2) is 42.5 Å². The number of hydrogen-bond donors (Lipinski definition) is 1. The Labute approximate surface area is 183 Å². The standard InChI is InChI=1S/C21H24ClFN2O.2ClH/c22-19-9-16(10-20(23)11-19)14-26-15-21(25-7-5-24-6-8-25)12-17-3-1-2-4-18(17)13-21;;/h1-4,9-11,24H,5-8,12-15H2;2*1H. The minimum absolute atomic E-state index is 0. The molecule has 2 aliphatic rings. The van der Waals surface area contributed by atoms with E-state index in [0.717, 1.165) is 44.6 Å². The molecule has 4 rings (SSSR count). The third kappa shape index (κ3) is 5.18. The van der Waals surface area contributed by atoms with E-state index in [4.69, 9.17) is 16.3 Å². The average Bonchev–Trinajstić information content (AvgIpc) is 3.01. The van der Waals surface area contributed by atoms with E-state index in [9.17, 15) is 4.39 Å². The highest BCUT2D eigenvalue weighted by atomic mass is 35.5. The minimum Gasteiger partial charge on any atom is -0.375 e. The van der Waals surface area contributed by atoms with Crippen LogP contribution in [0.2, 0.25) is 5.02 Å². The predicted molar refractivity (Wildman–Crippen MR) is 117 cm³/mol. The second kappa shape index (κ2) is 10.2. The molecule has 1 fully saturated rings. The molecule has 1 saturated heterocycles. The molecule has 0 amide bonds. The summed E-state index contributed by atoms with van der Waals surface area (Å²) in [5, 5.41) is 3.84. The molecule has 1 aliphatic carbocycles. The van der Waals surface area contributed by atoms with E-state index in [1.807, 2.05) is 0 Å². The van der Waals surface area contributed by atoms with Crippen LogP contribution in [0.5, 0.6) is 0 Å². The van der Waals surface area contributed by atoms with Crippen LogP contribution in [-0.2, 0) is 24.2 Å². The van der Waals surface area contributed by atoms with Gasteiger partial charge < -0.3 is 10.1 Å². The summed E-state index contributed by atoms with van der Waals surface area (Å²) in [6.07, 6.45) is 2.01. The lowest BCUT2D eigenvalue weighted by molar-refractivity contribution is -0.0159. The molecule has 0 aromatic heterocycles. The summed E-state index contributed by atoms with van der Waals surface area (Å²) in [5.41, 5.74) is 3.61. The SMILES string of the molecule is Cl.Cl.Fc1cc(Cl)cc(COCC2(N3CCNCC3)Cc3ccccc3C2)c1. The first-order valence-corrected chi connectivity index (χ1v) is 9.58. The van der Waals surface area contributed by atoms with E-state index in [-0.39, 0.29) is 36.2 Å². The fraction of sp³-hybridized carbons (Fsp3) is 0.429. The number of piperazine rings is 1. The molecule has 2 aromatic carbocycles. The fourth-order valence-electron chi connectivity index (χ4n) is 4.28. The molecule has 0 bridgehead atoms. The van der Waals surface area contributed by atoms with Crippen molar-refractivity contribution in [1.82, 2.24) is 10.2 Å². The molecular weight excluding hydrogens is 422 g/mol. The minimum atomic E-state index is -0.318. The highest BCUT2D eigenvalue weighted by Gasteiger charge is 2.42. The van der Waals surface area contributed by atoms with Crippen LogP contribution < -0.4 is 5.32 Å². The van der Waals surface area contributed by atoms with Crippen molar-refractivity contribution in [2.45, 2.75) is 25.0 Å². The quantitative estimate of drug-likeness (QED) is 0.740. The average molecular weight is 448 g/mol. The van der Waals surface area contributed by atoms with E-state index in [0.29, 0.717) is 18.2 Å². The number of benzene rings is 2. The first kappa shape index (κ1) is 23.4. The maximum atomic E-state index is 13.5. The maximum Gasteiger partial charge on any atom is 0.125 e. The van der Waals surface area contributed by atoms with Gasteiger partial charge >= 0.3 is 0 Å². The van der Waals surface area contributed by atoms with Crippen molar-refractivity contribution in [2.75, 3.05) is 32.8 Å². The number of rotatable bonds is 5. The van der Waals surface area contributed by atoms with Crippen LogP contribution in [0, 0.1) is 5.82 Å². The highest BCUT2D eigenvalue weighted by molar-refractivity contribution is 6.30. The van der Waals surface area contributed by atoms with E-state index in [1.165, 1.54) is 23.3 Å². The van der Waals surface area contributed by atoms with Gasteiger partial charge in [0, 0.05) is 31.2 Å². The highest BCUT2D eigenvalue weighted by Crippen LogP contribution is 2.35. The topological polar surface area (TPSA) is 24.5 Å². The first-order valence-electron chi connectivity index (χ1n) is 9.20. The Bertz CT molecular complexity index is 739. The van der Waals surface area contributed by atoms with Gasteiger partial charge in [-0.1, -0.05) is 35.9 Å². The van der Waals surface area contributed by atoms with Gasteiger partial charge in [0.05, 0.1) is 18.8 Å². The van der Waals surface area contributed by atoms with Crippen molar-refractivity contribution >= 4 is 36.4 Å². The van der Waals surface area contributed by atoms with Crippen LogP contribution in [-0.4, -0.2) is 43.2 Å². The molecule has 3 nitrogen and oxygen atoms in total. The van der Waals surface area contributed by atoms with Gasteiger partial charge in [-0.15, -0.1) is 24.8 Å². The van der Waals surface area contributed by atoms with Crippen molar-refractivity contribution in [1.29, 1.82) is 0 Å². The molecular formula is C21H26Cl3FN2O. The van der Waals surface area contributed by atoms with Gasteiger partial charge in [0.15, 0.2) is 0 Å². The summed E-state index contributed by atoms with van der Waals surface area (Å²) in [6, 6.07) is 13.3. The van der Waals surface area contributed by atoms with Crippen molar-refractivity contribution in [3.8, 4) is 0 Å². The number of fused-ring (bicyclic) bond motifs is 1. The third-order valence-corrected chi connectivity index (χ3v) is 5.73. The molecule has 0 saturated carbocycles. The van der Waals surface area contributed by atoms with Crippen LogP contribution in [0.4, 0.5) is 4.39 Å². The van der Waals surface area contributed by atoms with E-state index in [1.54, 1.807) is 6.07 Å². The lowest BCUT2D eigenvalue weighted by Crippen LogP contribution is -2.59. The first-order chi connectivity index (χ1) is 12.6. The van der Waals surface area contributed by atoms with Crippen LogP contribution in [0.3, 0.4) is 0 Å². The van der Waals surface area contributed by atoms with Crippen LogP contribution in [0.25, 0.3) is 0 Å². The van der Waals surface area contributed by atoms with Crippen LogP contribution in [0.1, 0.15) is 16.7 Å². The molecule has 1 heterocycles. The van der Waals surface area contributed by atoms with Crippen molar-refractivity contribution < 1.29 is 9.13 Å². The maximum absolute atomic E-state index is 13.5. The van der Waals surface area contributed by atoms with Gasteiger partial charge in [0.25, 0.3) is 0 Å². The molecule has 0 spiro atoms. The Morgan fingerprint density at radius 3 is 2.29 bits per heavy atom. The van der Waals surface area contributed by atoms with Gasteiger partial charge in [-0.05, 0) is 47.7 Å². The Hall–Kier alpha value is -0.880. The molecule has 0 radical (unpaired) electrons. The molecule has 7 heteroatoms. The van der Waals surface area contributed by atoms with Gasteiger partial charge in [-0.3, -0.25) is 4.90 Å². The largest absolute Gasteiger partial charge is 0.375 e. The number of nitrogens with one attached hydrogen (secondary N) is 1. The number of hydrogen-bond acceptors (Lipinski definition) is 3. The summed E-state index contributed by atoms with van der Waals surface area (Å²) in [7, 11) is 0. The number of nitrogens with zero attached hydrogens (tertiary/aromatic N) is 1. The van der Waals surface area contributed by atoms with Gasteiger partial charge in [-0.2, -0.15) is 0 Å². The monoisotopic (exact) mass is 446 g/mol. The Morgan fingerprint density at radius 2 is 1.68 bits per heavy atom. The smallest absolute Gasteiger partial charge is 0.125 e. The van der Waals surface area contributed by atoms with Gasteiger partial charge in [0.1, 0.15) is 5.82 Å². The Kier molecular flexibility index (Phi) is 8.56. The normalized spacial score (nSPS) is 18.1. The van der Waals surface area contributed by atoms with Crippen molar-refractivity contribution in [3.05, 3.63) is 70.0 Å². The van der Waals surface area contributed by atoms with Gasteiger partial charge in [0.2, 0.25) is 0 Å². The number of halogens is 4. The van der Waals surface area contributed by atoms with E-state index in [2.05, 4.69) is 34.5 Å². The number of ether oxygens (including phenoxy) is 1. The van der Waals surface area contributed by atoms with E-state index < -0.39 is 0 Å². The Balaban J connectivity index is 0.00000140. The van der Waals surface area contributed by atoms with Crippen LogP contribution >= 0.6 is 36.4 Å². The van der Waals surface area contributed by atoms with Crippen molar-refractivity contribution in [3.63, 3.8) is 0 Å². The predicted octanol–water partition coefficient (Wildman–Crippen LogP) is 4.28. The molecule has 0 unspecified atom stereocenters. The van der Waals surface area contributed by atoms with Crippen molar-refractivity contribution in [2.24, 2.45) is 0 Å².